The monoisotopic (exact) mass is 288 g/mol. The minimum atomic E-state index is 0.337. The summed E-state index contributed by atoms with van der Waals surface area (Å²) in [5.41, 5.74) is 3.49. The summed E-state index contributed by atoms with van der Waals surface area (Å²) in [4.78, 5) is 6.13. The second-order valence-electron chi connectivity index (χ2n) is 5.12. The average molecular weight is 288 g/mol. The number of nitrogens with one attached hydrogen (secondary N) is 1. The molecule has 1 aliphatic carbocycles. The van der Waals surface area contributed by atoms with E-state index in [9.17, 15) is 0 Å². The summed E-state index contributed by atoms with van der Waals surface area (Å²) in [6.45, 7) is 4.21. The molecule has 2 heterocycles. The number of hydrogen-bond acceptors (Lipinski definition) is 5. The highest BCUT2D eigenvalue weighted by molar-refractivity contribution is 7.10. The van der Waals surface area contributed by atoms with Crippen LogP contribution in [0, 0.1) is 0 Å². The van der Waals surface area contributed by atoms with Crippen molar-refractivity contribution in [3.05, 3.63) is 33.3 Å². The zero-order chi connectivity index (χ0) is 13.9. The van der Waals surface area contributed by atoms with Crippen LogP contribution in [-0.4, -0.2) is 15.2 Å². The van der Waals surface area contributed by atoms with Gasteiger partial charge in [0.25, 0.3) is 0 Å². The van der Waals surface area contributed by atoms with E-state index in [0.29, 0.717) is 12.0 Å². The maximum Gasteiger partial charge on any atom is 0.243 e. The number of anilines is 1. The Labute approximate surface area is 123 Å². The minimum Gasteiger partial charge on any atom is -0.346 e. The van der Waals surface area contributed by atoms with Gasteiger partial charge in [-0.3, -0.25) is 0 Å². The van der Waals surface area contributed by atoms with E-state index >= 15 is 0 Å². The molecule has 0 amide bonds. The molecule has 0 saturated heterocycles. The molecule has 1 N–H and O–H groups in total. The molecule has 2 aromatic heterocycles. The second-order valence-corrected chi connectivity index (χ2v) is 6.12. The number of thiophene rings is 1. The first kappa shape index (κ1) is 13.5. The lowest BCUT2D eigenvalue weighted by Crippen LogP contribution is -2.18. The van der Waals surface area contributed by atoms with Crippen LogP contribution in [0.25, 0.3) is 0 Å². The van der Waals surface area contributed by atoms with Gasteiger partial charge in [-0.05, 0) is 49.1 Å². The third-order valence-corrected chi connectivity index (χ3v) is 4.86. The Morgan fingerprint density at radius 3 is 2.90 bits per heavy atom. The fourth-order valence-electron chi connectivity index (χ4n) is 2.79. The van der Waals surface area contributed by atoms with Crippen LogP contribution in [0.15, 0.2) is 11.4 Å². The second kappa shape index (κ2) is 5.87. The van der Waals surface area contributed by atoms with Gasteiger partial charge >= 0.3 is 0 Å². The normalized spacial score (nSPS) is 17.8. The molecule has 0 spiro atoms. The third kappa shape index (κ3) is 2.54. The molecule has 1 unspecified atom stereocenters. The lowest BCUT2D eigenvalue weighted by molar-refractivity contribution is 0.601. The summed E-state index contributed by atoms with van der Waals surface area (Å²) in [6, 6.07) is 2.56. The van der Waals surface area contributed by atoms with E-state index in [-0.39, 0.29) is 0 Å². The van der Waals surface area contributed by atoms with Crippen molar-refractivity contribution < 1.29 is 0 Å². The molecule has 5 heteroatoms. The van der Waals surface area contributed by atoms with E-state index in [1.807, 2.05) is 11.3 Å². The smallest absolute Gasteiger partial charge is 0.243 e. The van der Waals surface area contributed by atoms with Gasteiger partial charge in [0.05, 0.1) is 17.4 Å². The summed E-state index contributed by atoms with van der Waals surface area (Å²) in [5.74, 6) is 0.670. The summed E-state index contributed by atoms with van der Waals surface area (Å²) in [6.07, 6.45) is 5.37. The number of hydrogen-bond donors (Lipinski definition) is 1. The number of fused-ring (bicyclic) bond motifs is 1. The van der Waals surface area contributed by atoms with Crippen LogP contribution >= 0.6 is 11.3 Å². The molecule has 3 rings (SSSR count). The van der Waals surface area contributed by atoms with Gasteiger partial charge in [-0.2, -0.15) is 5.10 Å². The van der Waals surface area contributed by atoms with Gasteiger partial charge in [0.2, 0.25) is 5.95 Å². The summed E-state index contributed by atoms with van der Waals surface area (Å²) in [5, 5.41) is 14.2. The topological polar surface area (TPSA) is 50.7 Å². The molecule has 20 heavy (non-hydrogen) atoms. The van der Waals surface area contributed by atoms with E-state index in [0.717, 1.165) is 30.7 Å². The SMILES string of the molecule is CCc1nnc(NC2CCCc3sccc32)nc1CC. The van der Waals surface area contributed by atoms with Crippen molar-refractivity contribution in [3.63, 3.8) is 0 Å². The summed E-state index contributed by atoms with van der Waals surface area (Å²) in [7, 11) is 0. The molecule has 4 nitrogen and oxygen atoms in total. The molecule has 1 aliphatic rings. The number of aryl methyl sites for hydroxylation is 3. The molecule has 0 saturated carbocycles. The van der Waals surface area contributed by atoms with Crippen molar-refractivity contribution >= 4 is 17.3 Å². The van der Waals surface area contributed by atoms with Crippen LogP contribution in [0.4, 0.5) is 5.95 Å². The van der Waals surface area contributed by atoms with Gasteiger partial charge in [0, 0.05) is 4.88 Å². The highest BCUT2D eigenvalue weighted by Gasteiger charge is 2.22. The number of nitrogens with zero attached hydrogens (tertiary/aromatic N) is 3. The fraction of sp³-hybridized carbons (Fsp3) is 0.533. The lowest BCUT2D eigenvalue weighted by Gasteiger charge is -2.23. The van der Waals surface area contributed by atoms with Crippen molar-refractivity contribution in [2.45, 2.75) is 52.0 Å². The van der Waals surface area contributed by atoms with Crippen LogP contribution in [0.3, 0.4) is 0 Å². The minimum absolute atomic E-state index is 0.337. The van der Waals surface area contributed by atoms with Crippen molar-refractivity contribution in [3.8, 4) is 0 Å². The molecule has 0 fully saturated rings. The first-order valence-corrected chi connectivity index (χ1v) is 8.25. The Morgan fingerprint density at radius 1 is 1.25 bits per heavy atom. The van der Waals surface area contributed by atoms with Crippen molar-refractivity contribution in [2.75, 3.05) is 5.32 Å². The molecule has 0 aromatic carbocycles. The Kier molecular flexibility index (Phi) is 3.96. The molecule has 0 aliphatic heterocycles. The Bertz CT molecular complexity index is 593. The van der Waals surface area contributed by atoms with E-state index in [4.69, 9.17) is 0 Å². The van der Waals surface area contributed by atoms with Crippen LogP contribution in [0.2, 0.25) is 0 Å². The lowest BCUT2D eigenvalue weighted by atomic mass is 9.94. The predicted molar refractivity (Wildman–Crippen MR) is 82.2 cm³/mol. The van der Waals surface area contributed by atoms with E-state index in [1.54, 1.807) is 0 Å². The molecule has 0 bridgehead atoms. The predicted octanol–water partition coefficient (Wildman–Crippen LogP) is 3.55. The Morgan fingerprint density at radius 2 is 2.10 bits per heavy atom. The maximum atomic E-state index is 4.63. The van der Waals surface area contributed by atoms with E-state index < -0.39 is 0 Å². The van der Waals surface area contributed by atoms with E-state index in [2.05, 4.69) is 45.8 Å². The zero-order valence-electron chi connectivity index (χ0n) is 12.0. The van der Waals surface area contributed by atoms with E-state index in [1.165, 1.54) is 23.3 Å². The maximum absolute atomic E-state index is 4.63. The first-order chi connectivity index (χ1) is 9.81. The molecular weight excluding hydrogens is 268 g/mol. The summed E-state index contributed by atoms with van der Waals surface area (Å²) < 4.78 is 0. The third-order valence-electron chi connectivity index (χ3n) is 3.86. The zero-order valence-corrected chi connectivity index (χ0v) is 12.8. The fourth-order valence-corrected chi connectivity index (χ4v) is 3.78. The molecule has 2 aromatic rings. The van der Waals surface area contributed by atoms with Gasteiger partial charge in [-0.1, -0.05) is 13.8 Å². The van der Waals surface area contributed by atoms with Crippen molar-refractivity contribution in [2.24, 2.45) is 0 Å². The molecule has 1 atom stereocenters. The standard InChI is InChI=1S/C15H20N4S/c1-3-11-12(4-2)18-19-15(16-11)17-13-6-5-7-14-10(13)8-9-20-14/h8-9,13H,3-7H2,1-2H3,(H,16,17,19). The van der Waals surface area contributed by atoms with Crippen LogP contribution in [0.5, 0.6) is 0 Å². The highest BCUT2D eigenvalue weighted by Crippen LogP contribution is 2.34. The Hall–Kier alpha value is -1.49. The summed E-state index contributed by atoms with van der Waals surface area (Å²) >= 11 is 1.86. The van der Waals surface area contributed by atoms with Crippen LogP contribution in [-0.2, 0) is 19.3 Å². The largest absolute Gasteiger partial charge is 0.346 e. The quantitative estimate of drug-likeness (QED) is 0.934. The van der Waals surface area contributed by atoms with Crippen molar-refractivity contribution in [1.82, 2.24) is 15.2 Å². The molecule has 106 valence electrons. The van der Waals surface area contributed by atoms with Gasteiger partial charge in [0.1, 0.15) is 0 Å². The average Bonchev–Trinajstić information content (AvgIpc) is 2.96. The molecule has 0 radical (unpaired) electrons. The van der Waals surface area contributed by atoms with Gasteiger partial charge in [-0.25, -0.2) is 4.98 Å². The number of aromatic nitrogens is 3. The first-order valence-electron chi connectivity index (χ1n) is 7.37. The Balaban J connectivity index is 1.82. The van der Waals surface area contributed by atoms with Gasteiger partial charge < -0.3 is 5.32 Å². The van der Waals surface area contributed by atoms with Crippen molar-refractivity contribution in [1.29, 1.82) is 0 Å². The highest BCUT2D eigenvalue weighted by atomic mass is 32.1. The number of rotatable bonds is 4. The van der Waals surface area contributed by atoms with Crippen LogP contribution < -0.4 is 5.32 Å². The van der Waals surface area contributed by atoms with Gasteiger partial charge in [0.15, 0.2) is 0 Å². The van der Waals surface area contributed by atoms with Gasteiger partial charge in [-0.15, -0.1) is 16.4 Å². The van der Waals surface area contributed by atoms with Crippen LogP contribution in [0.1, 0.15) is 54.6 Å². The molecular formula is C15H20N4S.